The average molecular weight is 183 g/mol. The molecule has 0 radical (unpaired) electrons. The number of aliphatic hydroxyl groups is 1. The van der Waals surface area contributed by atoms with Gasteiger partial charge in [0.05, 0.1) is 6.10 Å². The quantitative estimate of drug-likeness (QED) is 0.703. The standard InChI is InChI=1S/C11H21NO/c1-9(12-7-11(13)8-12)10-5-3-2-4-6-10/h9-11,13H,2-8H2,1H3/t9-/m1/s1. The van der Waals surface area contributed by atoms with Crippen molar-refractivity contribution in [3.63, 3.8) is 0 Å². The molecule has 1 N–H and O–H groups in total. The van der Waals surface area contributed by atoms with Crippen LogP contribution in [0.1, 0.15) is 39.0 Å². The monoisotopic (exact) mass is 183 g/mol. The van der Waals surface area contributed by atoms with Gasteiger partial charge < -0.3 is 5.11 Å². The third-order valence-electron chi connectivity index (χ3n) is 3.80. The van der Waals surface area contributed by atoms with Crippen molar-refractivity contribution in [3.05, 3.63) is 0 Å². The zero-order valence-electron chi connectivity index (χ0n) is 8.58. The SMILES string of the molecule is C[C@H](C1CCCCC1)N1CC(O)C1. The molecule has 0 bridgehead atoms. The number of β-amino-alcohol motifs (C(OH)–C–C–N with tert-alkyl or cyclic N) is 1. The maximum atomic E-state index is 9.22. The van der Waals surface area contributed by atoms with Crippen molar-refractivity contribution in [1.29, 1.82) is 0 Å². The highest BCUT2D eigenvalue weighted by Crippen LogP contribution is 2.30. The second-order valence-electron chi connectivity index (χ2n) is 4.75. The summed E-state index contributed by atoms with van der Waals surface area (Å²) in [5, 5.41) is 9.22. The Morgan fingerprint density at radius 1 is 1.15 bits per heavy atom. The van der Waals surface area contributed by atoms with Gasteiger partial charge in [0.2, 0.25) is 0 Å². The van der Waals surface area contributed by atoms with E-state index in [1.165, 1.54) is 32.1 Å². The fourth-order valence-corrected chi connectivity index (χ4v) is 2.74. The van der Waals surface area contributed by atoms with E-state index in [0.717, 1.165) is 19.0 Å². The van der Waals surface area contributed by atoms with Gasteiger partial charge >= 0.3 is 0 Å². The molecular formula is C11H21NO. The van der Waals surface area contributed by atoms with Crippen LogP contribution in [0.15, 0.2) is 0 Å². The van der Waals surface area contributed by atoms with Gasteiger partial charge in [-0.3, -0.25) is 4.90 Å². The van der Waals surface area contributed by atoms with Crippen molar-refractivity contribution in [2.75, 3.05) is 13.1 Å². The van der Waals surface area contributed by atoms with E-state index in [9.17, 15) is 5.11 Å². The summed E-state index contributed by atoms with van der Waals surface area (Å²) in [7, 11) is 0. The van der Waals surface area contributed by atoms with Crippen molar-refractivity contribution in [1.82, 2.24) is 4.90 Å². The first kappa shape index (κ1) is 9.47. The van der Waals surface area contributed by atoms with Crippen LogP contribution in [0.2, 0.25) is 0 Å². The summed E-state index contributed by atoms with van der Waals surface area (Å²) < 4.78 is 0. The first-order valence-corrected chi connectivity index (χ1v) is 5.69. The molecule has 1 aliphatic heterocycles. The maximum absolute atomic E-state index is 9.22. The van der Waals surface area contributed by atoms with E-state index >= 15 is 0 Å². The van der Waals surface area contributed by atoms with Gasteiger partial charge in [-0.15, -0.1) is 0 Å². The smallest absolute Gasteiger partial charge is 0.0794 e. The Morgan fingerprint density at radius 2 is 1.77 bits per heavy atom. The third-order valence-corrected chi connectivity index (χ3v) is 3.80. The molecule has 0 amide bonds. The summed E-state index contributed by atoms with van der Waals surface area (Å²) in [6.45, 7) is 4.16. The van der Waals surface area contributed by atoms with Gasteiger partial charge in [-0.25, -0.2) is 0 Å². The van der Waals surface area contributed by atoms with Gasteiger partial charge in [0.15, 0.2) is 0 Å². The van der Waals surface area contributed by atoms with Gasteiger partial charge in [-0.2, -0.15) is 0 Å². The molecule has 0 aromatic rings. The maximum Gasteiger partial charge on any atom is 0.0794 e. The summed E-state index contributed by atoms with van der Waals surface area (Å²) in [6, 6.07) is 0.712. The average Bonchev–Trinajstić information content (AvgIpc) is 2.13. The molecule has 2 aliphatic rings. The Bertz CT molecular complexity index is 159. The summed E-state index contributed by atoms with van der Waals surface area (Å²) in [4.78, 5) is 2.43. The van der Waals surface area contributed by atoms with Crippen LogP contribution in [0.4, 0.5) is 0 Å². The van der Waals surface area contributed by atoms with Crippen molar-refractivity contribution in [3.8, 4) is 0 Å². The number of rotatable bonds is 2. The molecule has 0 unspecified atom stereocenters. The molecule has 2 heteroatoms. The molecule has 0 spiro atoms. The van der Waals surface area contributed by atoms with Crippen LogP contribution >= 0.6 is 0 Å². The molecule has 1 atom stereocenters. The highest BCUT2D eigenvalue weighted by Gasteiger charge is 2.32. The molecule has 0 aromatic carbocycles. The highest BCUT2D eigenvalue weighted by atomic mass is 16.3. The van der Waals surface area contributed by atoms with Crippen LogP contribution in [0.3, 0.4) is 0 Å². The fourth-order valence-electron chi connectivity index (χ4n) is 2.74. The fraction of sp³-hybridized carbons (Fsp3) is 1.00. The summed E-state index contributed by atoms with van der Waals surface area (Å²) in [6.07, 6.45) is 7.07. The van der Waals surface area contributed by atoms with E-state index in [0.29, 0.717) is 6.04 Å². The van der Waals surface area contributed by atoms with Gasteiger partial charge in [0, 0.05) is 19.1 Å². The first-order valence-electron chi connectivity index (χ1n) is 5.69. The Labute approximate surface area is 80.9 Å². The summed E-state index contributed by atoms with van der Waals surface area (Å²) >= 11 is 0. The number of aliphatic hydroxyl groups excluding tert-OH is 1. The van der Waals surface area contributed by atoms with Gasteiger partial charge in [-0.1, -0.05) is 19.3 Å². The minimum atomic E-state index is -0.0361. The predicted molar refractivity (Wildman–Crippen MR) is 53.6 cm³/mol. The number of hydrogen-bond acceptors (Lipinski definition) is 2. The van der Waals surface area contributed by atoms with Crippen LogP contribution in [0.5, 0.6) is 0 Å². The Kier molecular flexibility index (Phi) is 2.89. The zero-order valence-corrected chi connectivity index (χ0v) is 8.58. The van der Waals surface area contributed by atoms with Crippen LogP contribution in [-0.4, -0.2) is 35.2 Å². The lowest BCUT2D eigenvalue weighted by Gasteiger charge is -2.44. The van der Waals surface area contributed by atoms with Gasteiger partial charge in [0.1, 0.15) is 0 Å². The molecule has 76 valence electrons. The van der Waals surface area contributed by atoms with Crippen LogP contribution in [0.25, 0.3) is 0 Å². The second-order valence-corrected chi connectivity index (χ2v) is 4.75. The Hall–Kier alpha value is -0.0800. The molecule has 2 rings (SSSR count). The van der Waals surface area contributed by atoms with E-state index < -0.39 is 0 Å². The molecule has 1 aliphatic carbocycles. The summed E-state index contributed by atoms with van der Waals surface area (Å²) in [5.74, 6) is 0.904. The van der Waals surface area contributed by atoms with Crippen LogP contribution in [0, 0.1) is 5.92 Å². The highest BCUT2D eigenvalue weighted by molar-refractivity contribution is 4.87. The number of likely N-dealkylation sites (tertiary alicyclic amines) is 1. The topological polar surface area (TPSA) is 23.5 Å². The predicted octanol–water partition coefficient (Wildman–Crippen LogP) is 1.63. The lowest BCUT2D eigenvalue weighted by molar-refractivity contribution is -0.0386. The molecule has 1 heterocycles. The largest absolute Gasteiger partial charge is 0.390 e. The van der Waals surface area contributed by atoms with Gasteiger partial charge in [0.25, 0.3) is 0 Å². The molecule has 2 fully saturated rings. The molecule has 0 aromatic heterocycles. The van der Waals surface area contributed by atoms with E-state index in [2.05, 4.69) is 11.8 Å². The van der Waals surface area contributed by atoms with Crippen LogP contribution < -0.4 is 0 Å². The third kappa shape index (κ3) is 2.05. The van der Waals surface area contributed by atoms with Crippen molar-refractivity contribution < 1.29 is 5.11 Å². The minimum absolute atomic E-state index is 0.0361. The zero-order chi connectivity index (χ0) is 9.26. The normalized spacial score (nSPS) is 30.0. The number of nitrogens with zero attached hydrogens (tertiary/aromatic N) is 1. The Balaban J connectivity index is 1.78. The van der Waals surface area contributed by atoms with Gasteiger partial charge in [-0.05, 0) is 25.7 Å². The number of hydrogen-bond donors (Lipinski definition) is 1. The molecule has 1 saturated carbocycles. The molecular weight excluding hydrogens is 162 g/mol. The van der Waals surface area contributed by atoms with E-state index in [1.807, 2.05) is 0 Å². The van der Waals surface area contributed by atoms with E-state index in [1.54, 1.807) is 0 Å². The van der Waals surface area contributed by atoms with Crippen LogP contribution in [-0.2, 0) is 0 Å². The second kappa shape index (κ2) is 3.97. The lowest BCUT2D eigenvalue weighted by atomic mass is 9.83. The molecule has 13 heavy (non-hydrogen) atoms. The van der Waals surface area contributed by atoms with E-state index in [-0.39, 0.29) is 6.10 Å². The minimum Gasteiger partial charge on any atom is -0.390 e. The van der Waals surface area contributed by atoms with Crippen molar-refractivity contribution in [2.24, 2.45) is 5.92 Å². The first-order chi connectivity index (χ1) is 6.27. The molecule has 2 nitrogen and oxygen atoms in total. The summed E-state index contributed by atoms with van der Waals surface area (Å²) in [5.41, 5.74) is 0. The van der Waals surface area contributed by atoms with Crippen molar-refractivity contribution >= 4 is 0 Å². The Morgan fingerprint density at radius 3 is 2.31 bits per heavy atom. The molecule has 1 saturated heterocycles. The lowest BCUT2D eigenvalue weighted by Crippen LogP contribution is -2.56. The van der Waals surface area contributed by atoms with Crippen molar-refractivity contribution in [2.45, 2.75) is 51.2 Å². The van der Waals surface area contributed by atoms with E-state index in [4.69, 9.17) is 0 Å².